The van der Waals surface area contributed by atoms with Crippen LogP contribution in [0.3, 0.4) is 0 Å². The molecule has 0 aromatic heterocycles. The maximum atomic E-state index is 12.4. The minimum Gasteiger partial charge on any atom is -0.369 e. The molecule has 28 heavy (non-hydrogen) atoms. The van der Waals surface area contributed by atoms with E-state index in [0.29, 0.717) is 10.6 Å². The number of nitrogens with one attached hydrogen (secondary N) is 2. The zero-order chi connectivity index (χ0) is 19.4. The van der Waals surface area contributed by atoms with Gasteiger partial charge in [0, 0.05) is 42.0 Å². The third-order valence-corrected chi connectivity index (χ3v) is 5.42. The Labute approximate surface area is 190 Å². The van der Waals surface area contributed by atoms with Gasteiger partial charge in [-0.2, -0.15) is 0 Å². The van der Waals surface area contributed by atoms with Gasteiger partial charge in [-0.15, -0.1) is 12.4 Å². The molecule has 1 fully saturated rings. The minimum absolute atomic E-state index is 0. The van der Waals surface area contributed by atoms with E-state index < -0.39 is 0 Å². The Balaban J connectivity index is 0.00000280. The topological polar surface area (TPSA) is 47.6 Å². The van der Waals surface area contributed by atoms with Crippen molar-refractivity contribution in [3.8, 4) is 0 Å². The summed E-state index contributed by atoms with van der Waals surface area (Å²) in [7, 11) is 2.14. The SMILES string of the molecule is CN1CCN(c2ccc(NC(=S)NC(=O)c3cc(Br)ccc3Cl)cc2)CC1.Cl. The third-order valence-electron chi connectivity index (χ3n) is 4.39. The van der Waals surface area contributed by atoms with Gasteiger partial charge < -0.3 is 15.1 Å². The molecule has 5 nitrogen and oxygen atoms in total. The van der Waals surface area contributed by atoms with Crippen molar-refractivity contribution in [2.45, 2.75) is 0 Å². The zero-order valence-corrected chi connectivity index (χ0v) is 19.2. The summed E-state index contributed by atoms with van der Waals surface area (Å²) < 4.78 is 0.774. The lowest BCUT2D eigenvalue weighted by Crippen LogP contribution is -2.44. The lowest BCUT2D eigenvalue weighted by molar-refractivity contribution is 0.0978. The molecular formula is C19H21BrCl2N4OS. The summed E-state index contributed by atoms with van der Waals surface area (Å²) in [5, 5.41) is 6.28. The van der Waals surface area contributed by atoms with Crippen molar-refractivity contribution in [2.24, 2.45) is 0 Å². The molecule has 1 amide bonds. The minimum atomic E-state index is -0.354. The summed E-state index contributed by atoms with van der Waals surface area (Å²) in [5.41, 5.74) is 2.36. The summed E-state index contributed by atoms with van der Waals surface area (Å²) in [6.07, 6.45) is 0. The molecule has 9 heteroatoms. The lowest BCUT2D eigenvalue weighted by Gasteiger charge is -2.34. The van der Waals surface area contributed by atoms with Crippen LogP contribution in [-0.4, -0.2) is 49.1 Å². The summed E-state index contributed by atoms with van der Waals surface area (Å²) in [6, 6.07) is 13.1. The highest BCUT2D eigenvalue weighted by Crippen LogP contribution is 2.21. The molecule has 2 aromatic carbocycles. The molecule has 1 aliphatic heterocycles. The monoisotopic (exact) mass is 502 g/mol. The van der Waals surface area contributed by atoms with E-state index in [9.17, 15) is 4.79 Å². The Hall–Kier alpha value is -1.38. The quantitative estimate of drug-likeness (QED) is 0.608. The van der Waals surface area contributed by atoms with Crippen LogP contribution in [0.15, 0.2) is 46.9 Å². The van der Waals surface area contributed by atoms with E-state index in [-0.39, 0.29) is 23.4 Å². The van der Waals surface area contributed by atoms with Gasteiger partial charge in [-0.3, -0.25) is 10.1 Å². The van der Waals surface area contributed by atoms with E-state index in [1.165, 1.54) is 5.69 Å². The number of hydrogen-bond acceptors (Lipinski definition) is 4. The van der Waals surface area contributed by atoms with Crippen molar-refractivity contribution in [1.82, 2.24) is 10.2 Å². The van der Waals surface area contributed by atoms with Crippen molar-refractivity contribution in [3.05, 3.63) is 57.5 Å². The van der Waals surface area contributed by atoms with Gasteiger partial charge in [-0.05, 0) is 61.7 Å². The summed E-state index contributed by atoms with van der Waals surface area (Å²) in [4.78, 5) is 17.0. The van der Waals surface area contributed by atoms with Gasteiger partial charge in [0.2, 0.25) is 0 Å². The number of carbonyl (C=O) groups is 1. The number of hydrogen-bond donors (Lipinski definition) is 2. The van der Waals surface area contributed by atoms with Crippen LogP contribution in [-0.2, 0) is 0 Å². The fourth-order valence-electron chi connectivity index (χ4n) is 2.82. The predicted molar refractivity (Wildman–Crippen MR) is 126 cm³/mol. The number of piperazine rings is 1. The number of halogens is 3. The Morgan fingerprint density at radius 2 is 1.75 bits per heavy atom. The first-order chi connectivity index (χ1) is 12.9. The van der Waals surface area contributed by atoms with Crippen molar-refractivity contribution in [1.29, 1.82) is 0 Å². The zero-order valence-electron chi connectivity index (χ0n) is 15.2. The van der Waals surface area contributed by atoms with Crippen LogP contribution in [0.2, 0.25) is 5.02 Å². The number of thiocarbonyl (C=S) groups is 1. The Bertz CT molecular complexity index is 842. The van der Waals surface area contributed by atoms with Crippen molar-refractivity contribution in [3.63, 3.8) is 0 Å². The normalized spacial score (nSPS) is 14.2. The van der Waals surface area contributed by atoms with Crippen LogP contribution in [0.4, 0.5) is 11.4 Å². The Morgan fingerprint density at radius 1 is 1.11 bits per heavy atom. The first-order valence-corrected chi connectivity index (χ1v) is 10.1. The number of nitrogens with zero attached hydrogens (tertiary/aromatic N) is 2. The van der Waals surface area contributed by atoms with Gasteiger partial charge in [0.15, 0.2) is 5.11 Å². The number of anilines is 2. The molecule has 3 rings (SSSR count). The second kappa shape index (κ2) is 10.4. The standard InChI is InChI=1S/C19H20BrClN4OS.ClH/c1-24-8-10-25(11-9-24)15-5-3-14(4-6-15)22-19(27)23-18(26)16-12-13(20)2-7-17(16)21;/h2-7,12H,8-11H2,1H3,(H2,22,23,26,27);1H. The van der Waals surface area contributed by atoms with Crippen molar-refractivity contribution < 1.29 is 4.79 Å². The Morgan fingerprint density at radius 3 is 2.39 bits per heavy atom. The average Bonchev–Trinajstić information content (AvgIpc) is 2.65. The van der Waals surface area contributed by atoms with Gasteiger partial charge in [-0.25, -0.2) is 0 Å². The van der Waals surface area contributed by atoms with Crippen LogP contribution in [0, 0.1) is 0 Å². The van der Waals surface area contributed by atoms with Crippen LogP contribution in [0.25, 0.3) is 0 Å². The van der Waals surface area contributed by atoms with Crippen molar-refractivity contribution in [2.75, 3.05) is 43.4 Å². The highest BCUT2D eigenvalue weighted by molar-refractivity contribution is 9.10. The number of amides is 1. The van der Waals surface area contributed by atoms with Gasteiger partial charge in [0.05, 0.1) is 10.6 Å². The Kier molecular flexibility index (Phi) is 8.52. The van der Waals surface area contributed by atoms with Crippen LogP contribution in [0.5, 0.6) is 0 Å². The summed E-state index contributed by atoms with van der Waals surface area (Å²) >= 11 is 14.7. The van der Waals surface area contributed by atoms with Gasteiger partial charge in [0.25, 0.3) is 5.91 Å². The van der Waals surface area contributed by atoms with E-state index in [2.05, 4.69) is 55.5 Å². The molecule has 0 aliphatic carbocycles. The number of likely N-dealkylation sites (N-methyl/N-ethyl adjacent to an activating group) is 1. The maximum absolute atomic E-state index is 12.4. The van der Waals surface area contributed by atoms with E-state index in [4.69, 9.17) is 23.8 Å². The predicted octanol–water partition coefficient (Wildman–Crippen LogP) is 4.40. The average molecular weight is 504 g/mol. The highest BCUT2D eigenvalue weighted by atomic mass is 79.9. The molecule has 0 saturated carbocycles. The van der Waals surface area contributed by atoms with Crippen LogP contribution < -0.4 is 15.5 Å². The van der Waals surface area contributed by atoms with Crippen LogP contribution >= 0.6 is 52.2 Å². The fourth-order valence-corrected chi connectivity index (χ4v) is 3.60. The molecular weight excluding hydrogens is 483 g/mol. The van der Waals surface area contributed by atoms with Gasteiger partial charge in [0.1, 0.15) is 0 Å². The van der Waals surface area contributed by atoms with Gasteiger partial charge >= 0.3 is 0 Å². The molecule has 2 aromatic rings. The van der Waals surface area contributed by atoms with Crippen LogP contribution in [0.1, 0.15) is 10.4 Å². The summed E-state index contributed by atoms with van der Waals surface area (Å²) in [6.45, 7) is 4.17. The van der Waals surface area contributed by atoms with E-state index >= 15 is 0 Å². The molecule has 0 radical (unpaired) electrons. The van der Waals surface area contributed by atoms with Gasteiger partial charge in [-0.1, -0.05) is 27.5 Å². The number of benzene rings is 2. The van der Waals surface area contributed by atoms with E-state index in [1.807, 2.05) is 12.1 Å². The molecule has 1 heterocycles. The second-order valence-corrected chi connectivity index (χ2v) is 8.10. The number of carbonyl (C=O) groups excluding carboxylic acids is 1. The molecule has 0 unspecified atom stereocenters. The fraction of sp³-hybridized carbons (Fsp3) is 0.263. The molecule has 1 saturated heterocycles. The molecule has 0 spiro atoms. The first kappa shape index (κ1) is 22.9. The smallest absolute Gasteiger partial charge is 0.258 e. The lowest BCUT2D eigenvalue weighted by atomic mass is 10.2. The molecule has 0 atom stereocenters. The number of rotatable bonds is 3. The summed E-state index contributed by atoms with van der Waals surface area (Å²) in [5.74, 6) is -0.354. The molecule has 1 aliphatic rings. The largest absolute Gasteiger partial charge is 0.369 e. The third kappa shape index (κ3) is 6.06. The van der Waals surface area contributed by atoms with Crippen molar-refractivity contribution >= 4 is 74.6 Å². The molecule has 2 N–H and O–H groups in total. The molecule has 0 bridgehead atoms. The second-order valence-electron chi connectivity index (χ2n) is 6.37. The van der Waals surface area contributed by atoms with E-state index in [1.54, 1.807) is 18.2 Å². The maximum Gasteiger partial charge on any atom is 0.258 e. The first-order valence-electron chi connectivity index (χ1n) is 8.53. The van der Waals surface area contributed by atoms with E-state index in [0.717, 1.165) is 36.3 Å². The highest BCUT2D eigenvalue weighted by Gasteiger charge is 2.15. The molecule has 150 valence electrons.